The third kappa shape index (κ3) is 14.8. The Balaban J connectivity index is 0. The van der Waals surface area contributed by atoms with Gasteiger partial charge in [0.15, 0.2) is 0 Å². The van der Waals surface area contributed by atoms with Gasteiger partial charge in [-0.05, 0) is 19.3 Å². The summed E-state index contributed by atoms with van der Waals surface area (Å²) < 4.78 is 16.8. The Morgan fingerprint density at radius 1 is 0.647 bits per heavy atom. The van der Waals surface area contributed by atoms with Crippen LogP contribution in [0.4, 0.5) is 0 Å². The van der Waals surface area contributed by atoms with Crippen molar-refractivity contribution in [3.63, 3.8) is 0 Å². The summed E-state index contributed by atoms with van der Waals surface area (Å²) in [6.45, 7) is 8.71. The predicted molar refractivity (Wildman–Crippen MR) is 69.5 cm³/mol. The van der Waals surface area contributed by atoms with E-state index in [1.807, 2.05) is 0 Å². The van der Waals surface area contributed by atoms with Gasteiger partial charge in [0.1, 0.15) is 0 Å². The molecular weight excluding hydrogens is 274 g/mol. The minimum absolute atomic E-state index is 0. The number of unbranched alkanes of at least 4 members (excludes halogenated alkanes) is 3. The van der Waals surface area contributed by atoms with E-state index in [4.69, 9.17) is 13.6 Å². The minimum Gasteiger partial charge on any atom is -0.312 e. The van der Waals surface area contributed by atoms with Crippen LogP contribution < -0.4 is 0 Å². The molecule has 0 amide bonds. The maximum atomic E-state index is 5.60. The smallest absolute Gasteiger partial charge is 0.312 e. The van der Waals surface area contributed by atoms with Gasteiger partial charge < -0.3 is 13.6 Å². The molecular formula is C12H27O3PV+2. The summed E-state index contributed by atoms with van der Waals surface area (Å²) in [6.07, 6.45) is 6.67. The average Bonchev–Trinajstić information content (AvgIpc) is 2.29. The summed E-state index contributed by atoms with van der Waals surface area (Å²) in [7, 11) is -1.10. The van der Waals surface area contributed by atoms with E-state index in [0.29, 0.717) is 0 Å². The Morgan fingerprint density at radius 3 is 1.18 bits per heavy atom. The van der Waals surface area contributed by atoms with Crippen molar-refractivity contribution in [1.82, 2.24) is 0 Å². The van der Waals surface area contributed by atoms with Gasteiger partial charge in [-0.15, -0.1) is 0 Å². The Kier molecular flexibility index (Phi) is 20.1. The Bertz CT molecular complexity index is 115. The summed E-state index contributed by atoms with van der Waals surface area (Å²) in [5.74, 6) is 0. The van der Waals surface area contributed by atoms with Crippen LogP contribution in [0.15, 0.2) is 0 Å². The Hall–Kier alpha value is 0.894. The first-order valence-corrected chi connectivity index (χ1v) is 7.63. The van der Waals surface area contributed by atoms with E-state index >= 15 is 0 Å². The second-order valence-corrected chi connectivity index (χ2v) is 5.01. The molecule has 0 spiro atoms. The van der Waals surface area contributed by atoms with Crippen LogP contribution in [0.1, 0.15) is 59.3 Å². The van der Waals surface area contributed by atoms with Crippen molar-refractivity contribution >= 4 is 8.60 Å². The number of hydrogen-bond acceptors (Lipinski definition) is 3. The van der Waals surface area contributed by atoms with Crippen LogP contribution in [0.2, 0.25) is 0 Å². The van der Waals surface area contributed by atoms with Crippen LogP contribution >= 0.6 is 8.60 Å². The molecule has 5 heteroatoms. The van der Waals surface area contributed by atoms with Crippen LogP contribution in [0, 0.1) is 0 Å². The molecule has 0 heterocycles. The second-order valence-electron chi connectivity index (χ2n) is 3.78. The van der Waals surface area contributed by atoms with E-state index in [0.717, 1.165) is 58.3 Å². The van der Waals surface area contributed by atoms with Gasteiger partial charge in [-0.1, -0.05) is 40.0 Å². The topological polar surface area (TPSA) is 27.7 Å². The molecule has 0 aromatic rings. The molecule has 101 valence electrons. The van der Waals surface area contributed by atoms with E-state index in [1.54, 1.807) is 0 Å². The second kappa shape index (κ2) is 16.9. The van der Waals surface area contributed by atoms with Crippen molar-refractivity contribution in [2.45, 2.75) is 59.3 Å². The van der Waals surface area contributed by atoms with Gasteiger partial charge >= 0.3 is 27.2 Å². The van der Waals surface area contributed by atoms with Gasteiger partial charge in [-0.2, -0.15) is 0 Å². The maximum Gasteiger partial charge on any atom is 2.00 e. The molecule has 0 saturated heterocycles. The molecule has 0 aromatic carbocycles. The molecule has 0 unspecified atom stereocenters. The van der Waals surface area contributed by atoms with Crippen molar-refractivity contribution in [3.8, 4) is 0 Å². The standard InChI is InChI=1S/C12H27O3P.V/c1-4-7-10-13-16(14-11-8-5-2)15-12-9-6-3;/h4-12H2,1-3H3;/q;+2. The molecule has 0 aromatic heterocycles. The van der Waals surface area contributed by atoms with Crippen LogP contribution in [-0.2, 0) is 32.1 Å². The molecule has 17 heavy (non-hydrogen) atoms. The average molecular weight is 301 g/mol. The fraction of sp³-hybridized carbons (Fsp3) is 1.00. The van der Waals surface area contributed by atoms with Crippen molar-refractivity contribution < 1.29 is 32.1 Å². The zero-order chi connectivity index (χ0) is 12.1. The summed E-state index contributed by atoms with van der Waals surface area (Å²) >= 11 is 0. The summed E-state index contributed by atoms with van der Waals surface area (Å²) in [4.78, 5) is 0. The van der Waals surface area contributed by atoms with Gasteiger partial charge in [0.25, 0.3) is 0 Å². The monoisotopic (exact) mass is 301 g/mol. The van der Waals surface area contributed by atoms with Crippen LogP contribution in [0.25, 0.3) is 0 Å². The zero-order valence-corrected chi connectivity index (χ0v) is 13.8. The van der Waals surface area contributed by atoms with E-state index in [-0.39, 0.29) is 18.6 Å². The van der Waals surface area contributed by atoms with E-state index in [9.17, 15) is 0 Å². The van der Waals surface area contributed by atoms with Gasteiger partial charge in [0.05, 0.1) is 19.8 Å². The molecule has 0 rings (SSSR count). The summed E-state index contributed by atoms with van der Waals surface area (Å²) in [6, 6.07) is 0. The fourth-order valence-electron chi connectivity index (χ4n) is 0.962. The minimum atomic E-state index is -1.10. The van der Waals surface area contributed by atoms with E-state index < -0.39 is 8.60 Å². The summed E-state index contributed by atoms with van der Waals surface area (Å²) in [5, 5.41) is 0. The Labute approximate surface area is 120 Å². The van der Waals surface area contributed by atoms with Crippen LogP contribution in [0.5, 0.6) is 0 Å². The molecule has 0 aliphatic carbocycles. The molecule has 0 N–H and O–H groups in total. The third-order valence-electron chi connectivity index (χ3n) is 2.08. The third-order valence-corrected chi connectivity index (χ3v) is 3.26. The van der Waals surface area contributed by atoms with Gasteiger partial charge in [-0.25, -0.2) is 0 Å². The van der Waals surface area contributed by atoms with Crippen molar-refractivity contribution in [2.24, 2.45) is 0 Å². The van der Waals surface area contributed by atoms with E-state index in [2.05, 4.69) is 20.8 Å². The molecule has 0 atom stereocenters. The van der Waals surface area contributed by atoms with Crippen LogP contribution in [0.3, 0.4) is 0 Å². The van der Waals surface area contributed by atoms with Crippen LogP contribution in [-0.4, -0.2) is 19.8 Å². The molecule has 0 saturated carbocycles. The van der Waals surface area contributed by atoms with E-state index in [1.165, 1.54) is 0 Å². The molecule has 0 fully saturated rings. The molecule has 0 aliphatic rings. The first-order valence-electron chi connectivity index (χ1n) is 6.54. The number of hydrogen-bond donors (Lipinski definition) is 0. The zero-order valence-electron chi connectivity index (χ0n) is 11.5. The maximum absolute atomic E-state index is 5.60. The molecule has 0 aliphatic heterocycles. The van der Waals surface area contributed by atoms with Crippen molar-refractivity contribution in [2.75, 3.05) is 19.8 Å². The molecule has 3 nitrogen and oxygen atoms in total. The van der Waals surface area contributed by atoms with Gasteiger partial charge in [-0.3, -0.25) is 0 Å². The first kappa shape index (κ1) is 20.2. The summed E-state index contributed by atoms with van der Waals surface area (Å²) in [5.41, 5.74) is 0. The normalized spacial score (nSPS) is 10.6. The molecule has 0 bridgehead atoms. The largest absolute Gasteiger partial charge is 2.00 e. The van der Waals surface area contributed by atoms with Gasteiger partial charge in [0, 0.05) is 0 Å². The SMILES string of the molecule is CCCCOP(OCCCC)OCCCC.[V+2]. The Morgan fingerprint density at radius 2 is 0.941 bits per heavy atom. The van der Waals surface area contributed by atoms with Gasteiger partial charge in [0.2, 0.25) is 0 Å². The van der Waals surface area contributed by atoms with Crippen molar-refractivity contribution in [1.29, 1.82) is 0 Å². The van der Waals surface area contributed by atoms with Crippen molar-refractivity contribution in [3.05, 3.63) is 0 Å². The molecule has 1 radical (unpaired) electrons. The first-order chi connectivity index (χ1) is 7.85. The fourth-order valence-corrected chi connectivity index (χ4v) is 2.02. The number of rotatable bonds is 12. The quantitative estimate of drug-likeness (QED) is 0.387. The predicted octanol–water partition coefficient (Wildman–Crippen LogP) is 4.66.